The van der Waals surface area contributed by atoms with Crippen LogP contribution < -0.4 is 0 Å². The van der Waals surface area contributed by atoms with Crippen LogP contribution in [0.2, 0.25) is 0 Å². The molecule has 0 unspecified atom stereocenters. The van der Waals surface area contributed by atoms with Gasteiger partial charge in [-0.15, -0.1) is 0 Å². The maximum Gasteiger partial charge on any atom is 0.187 e. The Bertz CT molecular complexity index is 2630. The first-order chi connectivity index (χ1) is 36.6. The summed E-state index contributed by atoms with van der Waals surface area (Å²) in [5, 5.41) is 12.7. The minimum Gasteiger partial charge on any atom is -0.493 e. The van der Waals surface area contributed by atoms with Crippen molar-refractivity contribution in [2.45, 2.75) is 114 Å². The zero-order valence-electron chi connectivity index (χ0n) is 41.5. The first kappa shape index (κ1) is 52.5. The van der Waals surface area contributed by atoms with E-state index in [0.717, 1.165) is 38.9 Å². The second-order valence-electron chi connectivity index (χ2n) is 18.5. The average Bonchev–Trinajstić information content (AvgIpc) is 3.45. The van der Waals surface area contributed by atoms with Gasteiger partial charge in [0.05, 0.1) is 59.1 Å². The predicted molar refractivity (Wildman–Crippen MR) is 281 cm³/mol. The van der Waals surface area contributed by atoms with Gasteiger partial charge in [-0.05, 0) is 38.9 Å². The molecule has 11 heteroatoms. The van der Waals surface area contributed by atoms with E-state index in [1.54, 1.807) is 0 Å². The fourth-order valence-electron chi connectivity index (χ4n) is 9.44. The third-order valence-corrected chi connectivity index (χ3v) is 13.2. The van der Waals surface area contributed by atoms with Gasteiger partial charge in [-0.25, -0.2) is 0 Å². The molecular weight excluding hydrogens is 933 g/mol. The SMILES string of the molecule is C=CO[C@@H]1[C@H](O)[C@H](OCc2ccccc2)[C@@H](OCc2ccccc2)[C@H](OCc2ccccc2)[C@H]1O[C@H]1O[C@H](COCc2ccccc2)[C@@H](OCc2ccccc2)[C@H](OCc2ccccc2)[C@@H]1OCc1ccccc1. The Morgan fingerprint density at radius 2 is 0.649 bits per heavy atom. The van der Waals surface area contributed by atoms with E-state index in [2.05, 4.69) is 6.58 Å². The second-order valence-corrected chi connectivity index (χ2v) is 18.5. The molecule has 2 aliphatic rings. The van der Waals surface area contributed by atoms with Crippen molar-refractivity contribution in [1.82, 2.24) is 0 Å². The highest BCUT2D eigenvalue weighted by molar-refractivity contribution is 5.19. The second kappa shape index (κ2) is 27.8. The number of rotatable bonds is 26. The molecule has 0 spiro atoms. The molecule has 11 nitrogen and oxygen atoms in total. The number of aliphatic hydroxyl groups is 1. The monoisotopic (exact) mass is 998 g/mol. The molecule has 2 fully saturated rings. The largest absolute Gasteiger partial charge is 0.493 e. The molecule has 1 aliphatic carbocycles. The van der Waals surface area contributed by atoms with Crippen LogP contribution in [0.5, 0.6) is 0 Å². The van der Waals surface area contributed by atoms with E-state index in [0.29, 0.717) is 6.61 Å². The summed E-state index contributed by atoms with van der Waals surface area (Å²) in [5.74, 6) is 0. The van der Waals surface area contributed by atoms with Gasteiger partial charge in [-0.3, -0.25) is 0 Å². The van der Waals surface area contributed by atoms with Crippen LogP contribution in [0, 0.1) is 0 Å². The predicted octanol–water partition coefficient (Wildman–Crippen LogP) is 10.7. The lowest BCUT2D eigenvalue weighted by molar-refractivity contribution is -0.361. The fourth-order valence-corrected chi connectivity index (χ4v) is 9.44. The zero-order chi connectivity index (χ0) is 50.6. The molecule has 1 aliphatic heterocycles. The first-order valence-corrected chi connectivity index (χ1v) is 25.4. The van der Waals surface area contributed by atoms with Crippen molar-refractivity contribution in [2.24, 2.45) is 0 Å². The van der Waals surface area contributed by atoms with Crippen molar-refractivity contribution in [1.29, 1.82) is 0 Å². The van der Waals surface area contributed by atoms with Crippen LogP contribution in [0.1, 0.15) is 38.9 Å². The van der Waals surface area contributed by atoms with Crippen LogP contribution in [0.4, 0.5) is 0 Å². The molecule has 1 heterocycles. The molecular formula is C63H66O11. The van der Waals surface area contributed by atoms with Gasteiger partial charge < -0.3 is 52.5 Å². The maximum atomic E-state index is 12.7. The van der Waals surface area contributed by atoms with Crippen LogP contribution >= 0.6 is 0 Å². The zero-order valence-corrected chi connectivity index (χ0v) is 41.5. The van der Waals surface area contributed by atoms with E-state index < -0.39 is 67.3 Å². The summed E-state index contributed by atoms with van der Waals surface area (Å²) in [7, 11) is 0. The summed E-state index contributed by atoms with van der Waals surface area (Å²) in [6.07, 6.45) is -9.40. The Labute approximate surface area is 435 Å². The van der Waals surface area contributed by atoms with E-state index in [4.69, 9.17) is 47.4 Å². The molecule has 7 aromatic carbocycles. The smallest absolute Gasteiger partial charge is 0.187 e. The van der Waals surface area contributed by atoms with Crippen LogP contribution in [-0.2, 0) is 93.6 Å². The summed E-state index contributed by atoms with van der Waals surface area (Å²) in [6.45, 7) is 5.62. The van der Waals surface area contributed by atoms with E-state index >= 15 is 0 Å². The molecule has 7 aromatic rings. The van der Waals surface area contributed by atoms with Gasteiger partial charge in [0.15, 0.2) is 12.4 Å². The average molecular weight is 999 g/mol. The molecule has 1 N–H and O–H groups in total. The van der Waals surface area contributed by atoms with Gasteiger partial charge in [0.2, 0.25) is 0 Å². The summed E-state index contributed by atoms with van der Waals surface area (Å²) < 4.78 is 69.3. The van der Waals surface area contributed by atoms with Gasteiger partial charge >= 0.3 is 0 Å². The highest BCUT2D eigenvalue weighted by Crippen LogP contribution is 2.38. The summed E-state index contributed by atoms with van der Waals surface area (Å²) in [6, 6.07) is 69.5. The lowest BCUT2D eigenvalue weighted by atomic mass is 9.83. The molecule has 0 bridgehead atoms. The highest BCUT2D eigenvalue weighted by Gasteiger charge is 2.57. The summed E-state index contributed by atoms with van der Waals surface area (Å²) >= 11 is 0. The van der Waals surface area contributed by atoms with E-state index in [9.17, 15) is 5.11 Å². The number of aliphatic hydroxyl groups excluding tert-OH is 1. The quantitative estimate of drug-likeness (QED) is 0.0524. The molecule has 74 heavy (non-hydrogen) atoms. The van der Waals surface area contributed by atoms with Crippen LogP contribution in [0.25, 0.3) is 0 Å². The molecule has 9 rings (SSSR count). The molecule has 1 saturated carbocycles. The molecule has 11 atom stereocenters. The summed E-state index contributed by atoms with van der Waals surface area (Å²) in [5.41, 5.74) is 6.63. The Kier molecular flexibility index (Phi) is 19.8. The normalized spacial score (nSPS) is 24.7. The van der Waals surface area contributed by atoms with Gasteiger partial charge in [0.1, 0.15) is 54.9 Å². The van der Waals surface area contributed by atoms with E-state index in [1.807, 2.05) is 212 Å². The lowest BCUT2D eigenvalue weighted by Crippen LogP contribution is -2.69. The number of ether oxygens (including phenoxy) is 10. The molecule has 0 aromatic heterocycles. The van der Waals surface area contributed by atoms with Gasteiger partial charge in [0.25, 0.3) is 0 Å². The molecule has 0 radical (unpaired) electrons. The van der Waals surface area contributed by atoms with Crippen molar-refractivity contribution in [3.05, 3.63) is 264 Å². The van der Waals surface area contributed by atoms with E-state index in [-0.39, 0.29) is 46.2 Å². The van der Waals surface area contributed by atoms with Crippen molar-refractivity contribution < 1.29 is 52.5 Å². The summed E-state index contributed by atoms with van der Waals surface area (Å²) in [4.78, 5) is 0. The van der Waals surface area contributed by atoms with Crippen LogP contribution in [0.15, 0.2) is 225 Å². The van der Waals surface area contributed by atoms with Gasteiger partial charge in [-0.1, -0.05) is 219 Å². The Morgan fingerprint density at radius 1 is 0.351 bits per heavy atom. The third kappa shape index (κ3) is 14.7. The third-order valence-electron chi connectivity index (χ3n) is 13.2. The number of hydrogen-bond acceptors (Lipinski definition) is 11. The molecule has 1 saturated heterocycles. The minimum atomic E-state index is -1.32. The Morgan fingerprint density at radius 3 is 1.01 bits per heavy atom. The highest BCUT2D eigenvalue weighted by atomic mass is 16.7. The molecule has 384 valence electrons. The number of hydrogen-bond donors (Lipinski definition) is 1. The Balaban J connectivity index is 1.12. The Hall–Kier alpha value is -6.32. The standard InChI is InChI=1S/C63H66O11/c1-2-66-57-54(64)56(68-40-48-28-14-5-15-29-48)59(70-42-50-32-18-7-19-33-50)60(71-43-51-34-20-8-21-35-51)61(57)74-63-62(72-44-52-36-22-9-23-37-52)58(69-41-49-30-16-6-17-31-49)55(67-39-47-26-12-4-13-27-47)53(73-63)45-65-38-46-24-10-3-11-25-46/h2-37,53-64H,1,38-45H2/t53-,54-,55-,56+,57-,58+,59-,60+,61+,62+,63-/m1/s1. The van der Waals surface area contributed by atoms with Crippen molar-refractivity contribution in [2.75, 3.05) is 6.61 Å². The minimum absolute atomic E-state index is 0.108. The van der Waals surface area contributed by atoms with Crippen molar-refractivity contribution in [3.8, 4) is 0 Å². The van der Waals surface area contributed by atoms with Crippen molar-refractivity contribution >= 4 is 0 Å². The van der Waals surface area contributed by atoms with Crippen molar-refractivity contribution in [3.63, 3.8) is 0 Å². The number of benzene rings is 7. The van der Waals surface area contributed by atoms with Gasteiger partial charge in [-0.2, -0.15) is 0 Å². The lowest BCUT2D eigenvalue weighted by Gasteiger charge is -2.51. The fraction of sp³-hybridized carbons (Fsp3) is 0.302. The molecule has 0 amide bonds. The first-order valence-electron chi connectivity index (χ1n) is 25.4. The van der Waals surface area contributed by atoms with E-state index in [1.165, 1.54) is 6.26 Å². The van der Waals surface area contributed by atoms with Crippen LogP contribution in [-0.4, -0.2) is 79.0 Å². The van der Waals surface area contributed by atoms with Gasteiger partial charge in [0, 0.05) is 0 Å². The van der Waals surface area contributed by atoms with Crippen LogP contribution in [0.3, 0.4) is 0 Å². The topological polar surface area (TPSA) is 113 Å². The maximum absolute atomic E-state index is 12.7.